The molecule has 1 aliphatic heterocycles. The molecule has 38 heavy (non-hydrogen) atoms. The van der Waals surface area contributed by atoms with E-state index in [0.29, 0.717) is 6.07 Å². The van der Waals surface area contributed by atoms with Crippen LogP contribution in [0.15, 0.2) is 18.2 Å². The number of halogens is 6. The first-order valence-corrected chi connectivity index (χ1v) is 15.2. The van der Waals surface area contributed by atoms with Gasteiger partial charge in [-0.1, -0.05) is 0 Å². The summed E-state index contributed by atoms with van der Waals surface area (Å²) in [6.45, 7) is 0. The van der Waals surface area contributed by atoms with E-state index in [2.05, 4.69) is 14.8 Å². The fourth-order valence-corrected chi connectivity index (χ4v) is 8.82. The van der Waals surface area contributed by atoms with E-state index < -0.39 is 65.8 Å². The Labute approximate surface area is 215 Å². The summed E-state index contributed by atoms with van der Waals surface area (Å²) in [5.41, 5.74) is -3.71. The van der Waals surface area contributed by atoms with Gasteiger partial charge < -0.3 is 10.1 Å². The Morgan fingerprint density at radius 3 is 2.00 bits per heavy atom. The zero-order valence-corrected chi connectivity index (χ0v) is 21.5. The van der Waals surface area contributed by atoms with Crippen molar-refractivity contribution in [1.82, 2.24) is 5.32 Å². The summed E-state index contributed by atoms with van der Waals surface area (Å²) in [7, 11) is -7.62. The second-order valence-corrected chi connectivity index (χ2v) is 14.5. The first kappa shape index (κ1) is 28.8. The van der Waals surface area contributed by atoms with Crippen LogP contribution in [0, 0.1) is 5.41 Å². The van der Waals surface area contributed by atoms with E-state index in [4.69, 9.17) is 0 Å². The van der Waals surface area contributed by atoms with Gasteiger partial charge in [-0.2, -0.15) is 13.2 Å². The molecule has 3 saturated carbocycles. The number of sulfonamides is 1. The van der Waals surface area contributed by atoms with Gasteiger partial charge in [0, 0.05) is 5.54 Å². The molecule has 5 rings (SSSR count). The molecule has 0 spiro atoms. The quantitative estimate of drug-likeness (QED) is 0.476. The van der Waals surface area contributed by atoms with Crippen molar-refractivity contribution >= 4 is 31.5 Å². The highest BCUT2D eigenvalue weighted by atomic mass is 32.2. The number of benzene rings is 1. The molecule has 2 bridgehead atoms. The Kier molecular flexibility index (Phi) is 7.16. The van der Waals surface area contributed by atoms with Crippen LogP contribution in [0.4, 0.5) is 32.0 Å². The van der Waals surface area contributed by atoms with Crippen LogP contribution in [0.2, 0.25) is 0 Å². The fraction of sp³-hybridized carbons (Fsp3) is 0.682. The number of hydrogen-bond acceptors (Lipinski definition) is 6. The number of amides is 1. The molecule has 4 fully saturated rings. The summed E-state index contributed by atoms with van der Waals surface area (Å²) in [5, 5.41) is 1.54. The average Bonchev–Trinajstić information content (AvgIpc) is 2.79. The van der Waals surface area contributed by atoms with Gasteiger partial charge >= 0.3 is 12.5 Å². The summed E-state index contributed by atoms with van der Waals surface area (Å²) in [5.74, 6) is -2.48. The summed E-state index contributed by atoms with van der Waals surface area (Å²) in [6.07, 6.45) is -10.5. The van der Waals surface area contributed by atoms with E-state index in [1.165, 1.54) is 0 Å². The van der Waals surface area contributed by atoms with Crippen molar-refractivity contribution in [2.75, 3.05) is 16.2 Å². The van der Waals surface area contributed by atoms with E-state index in [1.807, 2.05) is 0 Å². The molecule has 8 nitrogen and oxygen atoms in total. The number of carbonyl (C=O) groups excluding carboxylic acids is 1. The predicted octanol–water partition coefficient (Wildman–Crippen LogP) is 4.29. The second-order valence-electron chi connectivity index (χ2n) is 10.3. The van der Waals surface area contributed by atoms with Crippen molar-refractivity contribution < 1.29 is 52.7 Å². The maximum atomic E-state index is 13.6. The standard InChI is InChI=1S/C22H26F6N2O6S2/c23-21(24,25)19-5-8-20(9-6-19,10-7-19)29-18(31)16-13-14(36-22(26,27)28)1-2-17(16)30-38(34,35)15-3-11-37(32,33)12-4-15/h1-2,13,15,30H,3-12H2,(H,29,31). The molecule has 1 saturated heterocycles. The molecule has 2 N–H and O–H groups in total. The van der Waals surface area contributed by atoms with E-state index in [1.54, 1.807) is 0 Å². The Morgan fingerprint density at radius 1 is 0.947 bits per heavy atom. The lowest BCUT2D eigenvalue weighted by Gasteiger charge is -2.53. The summed E-state index contributed by atoms with van der Waals surface area (Å²) < 4.78 is 134. The number of hydrogen-bond donors (Lipinski definition) is 2. The van der Waals surface area contributed by atoms with Crippen LogP contribution in [-0.4, -0.2) is 57.6 Å². The molecule has 1 heterocycles. The van der Waals surface area contributed by atoms with Crippen LogP contribution < -0.4 is 14.8 Å². The van der Waals surface area contributed by atoms with Crippen molar-refractivity contribution in [3.05, 3.63) is 23.8 Å². The highest BCUT2D eigenvalue weighted by molar-refractivity contribution is 7.94. The maximum Gasteiger partial charge on any atom is 0.573 e. The molecule has 0 atom stereocenters. The van der Waals surface area contributed by atoms with Crippen molar-refractivity contribution in [3.63, 3.8) is 0 Å². The topological polar surface area (TPSA) is 119 Å². The van der Waals surface area contributed by atoms with Gasteiger partial charge in [0.1, 0.15) is 15.6 Å². The van der Waals surface area contributed by atoms with Crippen molar-refractivity contribution in [3.8, 4) is 5.75 Å². The Balaban J connectivity index is 1.58. The number of nitrogens with one attached hydrogen (secondary N) is 2. The van der Waals surface area contributed by atoms with Gasteiger partial charge in [-0.15, -0.1) is 13.2 Å². The van der Waals surface area contributed by atoms with Crippen LogP contribution in [0.25, 0.3) is 0 Å². The fourth-order valence-electron chi connectivity index (χ4n) is 5.52. The van der Waals surface area contributed by atoms with Gasteiger partial charge in [-0.3, -0.25) is 9.52 Å². The third kappa shape index (κ3) is 6.00. The molecular weight excluding hydrogens is 566 g/mol. The SMILES string of the molecule is O=C(NC12CCC(C(F)(F)F)(CC1)CC2)c1cc(OC(F)(F)F)ccc1NS(=O)(=O)C1CCS(=O)(=O)CC1. The molecule has 1 amide bonds. The first-order chi connectivity index (χ1) is 17.3. The van der Waals surface area contributed by atoms with Crippen LogP contribution in [0.5, 0.6) is 5.75 Å². The molecule has 4 aliphatic rings. The normalized spacial score (nSPS) is 28.1. The molecule has 214 valence electrons. The Bertz CT molecular complexity index is 1270. The minimum Gasteiger partial charge on any atom is -0.406 e. The monoisotopic (exact) mass is 592 g/mol. The summed E-state index contributed by atoms with van der Waals surface area (Å²) in [4.78, 5) is 13.3. The van der Waals surface area contributed by atoms with Gasteiger partial charge in [0.05, 0.1) is 33.4 Å². The third-order valence-corrected chi connectivity index (χ3v) is 11.5. The van der Waals surface area contributed by atoms with Crippen LogP contribution >= 0.6 is 0 Å². The van der Waals surface area contributed by atoms with E-state index >= 15 is 0 Å². The molecule has 0 aromatic heterocycles. The van der Waals surface area contributed by atoms with Crippen LogP contribution in [-0.2, 0) is 19.9 Å². The Morgan fingerprint density at radius 2 is 1.50 bits per heavy atom. The highest BCUT2D eigenvalue weighted by Crippen LogP contribution is 2.59. The smallest absolute Gasteiger partial charge is 0.406 e. The minimum absolute atomic E-state index is 0.00853. The highest BCUT2D eigenvalue weighted by Gasteiger charge is 2.61. The summed E-state index contributed by atoms with van der Waals surface area (Å²) >= 11 is 0. The number of anilines is 1. The lowest BCUT2D eigenvalue weighted by atomic mass is 9.57. The number of sulfone groups is 1. The Hall–Kier alpha value is -2.23. The second kappa shape index (κ2) is 9.45. The third-order valence-electron chi connectivity index (χ3n) is 7.89. The molecule has 0 radical (unpaired) electrons. The van der Waals surface area contributed by atoms with Crippen molar-refractivity contribution in [2.45, 2.75) is 74.7 Å². The lowest BCUT2D eigenvalue weighted by molar-refractivity contribution is -0.274. The van der Waals surface area contributed by atoms with Crippen molar-refractivity contribution in [2.24, 2.45) is 5.41 Å². The van der Waals surface area contributed by atoms with Gasteiger partial charge in [-0.05, 0) is 69.6 Å². The molecule has 1 aromatic rings. The molecule has 16 heteroatoms. The molecule has 0 unspecified atom stereocenters. The molecular formula is C22H26F6N2O6S2. The number of ether oxygens (including phenoxy) is 1. The van der Waals surface area contributed by atoms with Crippen molar-refractivity contribution in [1.29, 1.82) is 0 Å². The minimum atomic E-state index is -5.10. The number of alkyl halides is 6. The van der Waals surface area contributed by atoms with Crippen LogP contribution in [0.3, 0.4) is 0 Å². The largest absolute Gasteiger partial charge is 0.573 e. The zero-order chi connectivity index (χ0) is 28.2. The van der Waals surface area contributed by atoms with E-state index in [-0.39, 0.29) is 68.6 Å². The molecule has 1 aromatic carbocycles. The molecule has 3 aliphatic carbocycles. The van der Waals surface area contributed by atoms with Gasteiger partial charge in [0.2, 0.25) is 10.0 Å². The van der Waals surface area contributed by atoms with Gasteiger partial charge in [0.25, 0.3) is 5.91 Å². The van der Waals surface area contributed by atoms with Gasteiger partial charge in [0.15, 0.2) is 0 Å². The number of carbonyl (C=O) groups is 1. The first-order valence-electron chi connectivity index (χ1n) is 11.9. The summed E-state index contributed by atoms with van der Waals surface area (Å²) in [6, 6.07) is 2.43. The number of fused-ring (bicyclic) bond motifs is 3. The van der Waals surface area contributed by atoms with E-state index in [9.17, 15) is 48.0 Å². The maximum absolute atomic E-state index is 13.6. The van der Waals surface area contributed by atoms with E-state index in [0.717, 1.165) is 12.1 Å². The van der Waals surface area contributed by atoms with Gasteiger partial charge in [-0.25, -0.2) is 16.8 Å². The zero-order valence-electron chi connectivity index (χ0n) is 19.9. The predicted molar refractivity (Wildman–Crippen MR) is 124 cm³/mol. The lowest BCUT2D eigenvalue weighted by Crippen LogP contribution is -2.59. The van der Waals surface area contributed by atoms with Crippen LogP contribution in [0.1, 0.15) is 61.7 Å². The average molecular weight is 593 g/mol. The number of rotatable bonds is 6.